The van der Waals surface area contributed by atoms with Crippen molar-refractivity contribution in [2.45, 2.75) is 25.5 Å². The van der Waals surface area contributed by atoms with E-state index in [1.807, 2.05) is 6.07 Å². The second-order valence-electron chi connectivity index (χ2n) is 7.78. The highest BCUT2D eigenvalue weighted by molar-refractivity contribution is 5.92. The summed E-state index contributed by atoms with van der Waals surface area (Å²) in [5, 5.41) is 16.7. The minimum Gasteiger partial charge on any atom is -0.483 e. The Balaban J connectivity index is 0.000000618. The molecule has 2 saturated heterocycles. The van der Waals surface area contributed by atoms with Gasteiger partial charge in [0.1, 0.15) is 0 Å². The van der Waals surface area contributed by atoms with Crippen LogP contribution in [-0.4, -0.2) is 64.7 Å². The van der Waals surface area contributed by atoms with E-state index in [0.717, 1.165) is 31.5 Å². The average Bonchev–Trinajstić information content (AvgIpc) is 2.83. The fraction of sp³-hybridized carbons (Fsp3) is 0.391. The summed E-state index contributed by atoms with van der Waals surface area (Å²) < 4.78 is 32.6. The number of aromatic nitrogens is 1. The van der Waals surface area contributed by atoms with Crippen LogP contribution in [0.2, 0.25) is 0 Å². The zero-order valence-corrected chi connectivity index (χ0v) is 18.3. The molecule has 4 rings (SSSR count). The highest BCUT2D eigenvalue weighted by Gasteiger charge is 2.38. The summed E-state index contributed by atoms with van der Waals surface area (Å²) in [5.41, 5.74) is 1.43. The van der Waals surface area contributed by atoms with Gasteiger partial charge in [0.15, 0.2) is 11.6 Å². The van der Waals surface area contributed by atoms with E-state index in [9.17, 15) is 13.6 Å². The third-order valence-corrected chi connectivity index (χ3v) is 5.54. The summed E-state index contributed by atoms with van der Waals surface area (Å²) in [5.74, 6) is -1.66. The second-order valence-corrected chi connectivity index (χ2v) is 7.78. The maximum atomic E-state index is 13.5. The summed E-state index contributed by atoms with van der Waals surface area (Å²) in [6.45, 7) is 2.11. The smallest absolute Gasteiger partial charge is 0.290 e. The van der Waals surface area contributed by atoms with Crippen LogP contribution in [0.1, 0.15) is 18.4 Å². The third-order valence-electron chi connectivity index (χ3n) is 5.54. The van der Waals surface area contributed by atoms with E-state index in [2.05, 4.69) is 15.2 Å². The lowest BCUT2D eigenvalue weighted by Gasteiger charge is -2.43. The standard InChI is InChI=1S/C21H23F2N3O2.2CH2O2/c22-18-4-3-14(8-19(18)23)11-26-7-5-20-15(12-26)9-16(13-28-20)21(27)25-17-2-1-6-24-10-17;2*2-1-3/h1-4,6,8,10,15-16,20H,5,7,9,11-13H2,(H,25,27);2*1H,(H,2,3)/t15-,16-,20+;;/m0../s1. The number of hydrogen-bond acceptors (Lipinski definition) is 6. The molecule has 2 aliphatic rings. The van der Waals surface area contributed by atoms with Crippen molar-refractivity contribution in [2.24, 2.45) is 11.8 Å². The number of hydrogen-bond donors (Lipinski definition) is 3. The second kappa shape index (κ2) is 14.0. The van der Waals surface area contributed by atoms with Gasteiger partial charge in [0, 0.05) is 25.8 Å². The number of rotatable bonds is 4. The van der Waals surface area contributed by atoms with Gasteiger partial charge in [-0.2, -0.15) is 0 Å². The molecule has 184 valence electrons. The molecule has 0 saturated carbocycles. The highest BCUT2D eigenvalue weighted by atomic mass is 19.2. The monoisotopic (exact) mass is 479 g/mol. The third kappa shape index (κ3) is 8.16. The van der Waals surface area contributed by atoms with Gasteiger partial charge >= 0.3 is 0 Å². The van der Waals surface area contributed by atoms with E-state index in [4.69, 9.17) is 24.5 Å². The quantitative estimate of drug-likeness (QED) is 0.571. The molecule has 1 aromatic heterocycles. The Kier molecular flexibility index (Phi) is 11.0. The molecule has 9 nitrogen and oxygen atoms in total. The summed E-state index contributed by atoms with van der Waals surface area (Å²) >= 11 is 0. The van der Waals surface area contributed by atoms with Gasteiger partial charge in [-0.1, -0.05) is 6.07 Å². The molecule has 0 unspecified atom stereocenters. The average molecular weight is 479 g/mol. The fourth-order valence-corrected chi connectivity index (χ4v) is 4.11. The summed E-state index contributed by atoms with van der Waals surface area (Å²) in [7, 11) is 0. The first kappa shape index (κ1) is 26.8. The molecule has 11 heteroatoms. The van der Waals surface area contributed by atoms with Gasteiger partial charge in [0.25, 0.3) is 12.9 Å². The van der Waals surface area contributed by atoms with Crippen molar-refractivity contribution in [3.05, 3.63) is 59.9 Å². The minimum absolute atomic E-state index is 0.0517. The number of fused-ring (bicyclic) bond motifs is 1. The molecule has 2 aromatic rings. The first-order valence-corrected chi connectivity index (χ1v) is 10.6. The van der Waals surface area contributed by atoms with Crippen LogP contribution in [0.15, 0.2) is 42.7 Å². The van der Waals surface area contributed by atoms with Crippen LogP contribution in [0.5, 0.6) is 0 Å². The van der Waals surface area contributed by atoms with Gasteiger partial charge < -0.3 is 20.3 Å². The number of carbonyl (C=O) groups excluding carboxylic acids is 1. The van der Waals surface area contributed by atoms with E-state index in [1.54, 1.807) is 24.5 Å². The van der Waals surface area contributed by atoms with Crippen molar-refractivity contribution >= 4 is 24.5 Å². The van der Waals surface area contributed by atoms with E-state index < -0.39 is 11.6 Å². The van der Waals surface area contributed by atoms with Gasteiger partial charge in [-0.3, -0.25) is 24.3 Å². The number of benzene rings is 1. The number of piperidine rings is 1. The number of carboxylic acid groups (broad SMARTS) is 2. The summed E-state index contributed by atoms with van der Waals surface area (Å²) in [6.07, 6.45) is 5.07. The van der Waals surface area contributed by atoms with Crippen LogP contribution >= 0.6 is 0 Å². The first-order valence-electron chi connectivity index (χ1n) is 10.6. The van der Waals surface area contributed by atoms with Crippen molar-refractivity contribution in [1.82, 2.24) is 9.88 Å². The minimum atomic E-state index is -0.828. The van der Waals surface area contributed by atoms with Crippen LogP contribution in [0.4, 0.5) is 14.5 Å². The summed E-state index contributed by atoms with van der Waals surface area (Å²) in [6, 6.07) is 7.62. The molecule has 3 heterocycles. The van der Waals surface area contributed by atoms with Crippen molar-refractivity contribution in [2.75, 3.05) is 25.0 Å². The number of pyridine rings is 1. The van der Waals surface area contributed by atoms with Gasteiger partial charge in [0.2, 0.25) is 5.91 Å². The molecular formula is C23H27F2N3O6. The maximum Gasteiger partial charge on any atom is 0.290 e. The van der Waals surface area contributed by atoms with E-state index in [-0.39, 0.29) is 36.8 Å². The van der Waals surface area contributed by atoms with E-state index >= 15 is 0 Å². The maximum absolute atomic E-state index is 13.5. The normalized spacial score (nSPS) is 21.4. The predicted molar refractivity (Wildman–Crippen MR) is 118 cm³/mol. The lowest BCUT2D eigenvalue weighted by molar-refractivity contribution is -0.134. The Morgan fingerprint density at radius 2 is 1.94 bits per heavy atom. The number of halogens is 2. The van der Waals surface area contributed by atoms with Crippen molar-refractivity contribution in [3.8, 4) is 0 Å². The Morgan fingerprint density at radius 3 is 2.59 bits per heavy atom. The molecule has 1 aromatic carbocycles. The number of ether oxygens (including phenoxy) is 1. The largest absolute Gasteiger partial charge is 0.483 e. The highest BCUT2D eigenvalue weighted by Crippen LogP contribution is 2.32. The SMILES string of the molecule is O=C(Nc1cccnc1)[C@@H]1CO[C@@H]2CCN(Cc3ccc(F)c(F)c3)C[C@@H]2C1.O=CO.O=CO. The molecule has 3 atom stereocenters. The van der Waals surface area contributed by atoms with Crippen molar-refractivity contribution < 1.29 is 38.1 Å². The lowest BCUT2D eigenvalue weighted by Crippen LogP contribution is -2.49. The Hall–Kier alpha value is -3.44. The molecule has 3 N–H and O–H groups in total. The van der Waals surface area contributed by atoms with E-state index in [0.29, 0.717) is 18.8 Å². The van der Waals surface area contributed by atoms with Crippen LogP contribution in [-0.2, 0) is 25.7 Å². The fourth-order valence-electron chi connectivity index (χ4n) is 4.11. The molecule has 1 amide bonds. The van der Waals surface area contributed by atoms with Crippen LogP contribution in [0.25, 0.3) is 0 Å². The Morgan fingerprint density at radius 1 is 1.21 bits per heavy atom. The van der Waals surface area contributed by atoms with Gasteiger partial charge in [-0.05, 0) is 48.6 Å². The van der Waals surface area contributed by atoms with Crippen LogP contribution < -0.4 is 5.32 Å². The molecule has 2 aliphatic heterocycles. The number of nitrogens with zero attached hydrogens (tertiary/aromatic N) is 2. The lowest BCUT2D eigenvalue weighted by atomic mass is 9.83. The van der Waals surface area contributed by atoms with E-state index in [1.165, 1.54) is 12.1 Å². The Bertz CT molecular complexity index is 928. The first-order chi connectivity index (χ1) is 16.4. The number of carbonyl (C=O) groups is 3. The topological polar surface area (TPSA) is 129 Å². The van der Waals surface area contributed by atoms with Crippen LogP contribution in [0, 0.1) is 23.5 Å². The molecular weight excluding hydrogens is 452 g/mol. The summed E-state index contributed by atoms with van der Waals surface area (Å²) in [4.78, 5) is 35.5. The van der Waals surface area contributed by atoms with Gasteiger partial charge in [-0.15, -0.1) is 0 Å². The Labute approximate surface area is 195 Å². The number of nitrogens with one attached hydrogen (secondary N) is 1. The van der Waals surface area contributed by atoms with Crippen molar-refractivity contribution in [1.29, 1.82) is 0 Å². The molecule has 2 fully saturated rings. The zero-order chi connectivity index (χ0) is 24.9. The number of likely N-dealkylation sites (tertiary alicyclic amines) is 1. The van der Waals surface area contributed by atoms with Crippen LogP contribution in [0.3, 0.4) is 0 Å². The molecule has 34 heavy (non-hydrogen) atoms. The molecule has 0 radical (unpaired) electrons. The molecule has 0 spiro atoms. The predicted octanol–water partition coefficient (Wildman–Crippen LogP) is 2.63. The number of anilines is 1. The number of amides is 1. The van der Waals surface area contributed by atoms with Gasteiger partial charge in [0.05, 0.1) is 30.5 Å². The molecule has 0 aliphatic carbocycles. The van der Waals surface area contributed by atoms with Crippen molar-refractivity contribution in [3.63, 3.8) is 0 Å². The molecule has 0 bridgehead atoms. The van der Waals surface area contributed by atoms with Gasteiger partial charge in [-0.25, -0.2) is 8.78 Å². The zero-order valence-electron chi connectivity index (χ0n) is 18.3.